The molecule has 2 N–H and O–H groups in total. The molecule has 0 aliphatic heterocycles. The summed E-state index contributed by atoms with van der Waals surface area (Å²) in [4.78, 5) is 20.2. The summed E-state index contributed by atoms with van der Waals surface area (Å²) in [6.07, 6.45) is 3.46. The number of Topliss-reactive ketones (excluding diaryl/α,β-unsaturated/α-hetero) is 1. The van der Waals surface area contributed by atoms with E-state index in [1.54, 1.807) is 31.6 Å². The van der Waals surface area contributed by atoms with Crippen LogP contribution in [-0.4, -0.2) is 22.9 Å². The van der Waals surface area contributed by atoms with Gasteiger partial charge in [0.05, 0.1) is 12.7 Å². The molecular weight excluding hydrogens is 242 g/mol. The minimum Gasteiger partial charge on any atom is -0.481 e. The minimum atomic E-state index is -0.0601. The van der Waals surface area contributed by atoms with Gasteiger partial charge in [-0.25, -0.2) is 9.97 Å². The normalized spacial score (nSPS) is 10.2. The highest BCUT2D eigenvalue weighted by Gasteiger charge is 2.14. The number of rotatable bonds is 4. The number of methoxy groups -OCH3 is 1. The van der Waals surface area contributed by atoms with Gasteiger partial charge in [0, 0.05) is 24.9 Å². The van der Waals surface area contributed by atoms with Crippen molar-refractivity contribution in [2.75, 3.05) is 12.8 Å². The largest absolute Gasteiger partial charge is 0.481 e. The maximum Gasteiger partial charge on any atom is 0.212 e. The maximum absolute atomic E-state index is 12.2. The van der Waals surface area contributed by atoms with Gasteiger partial charge in [0.1, 0.15) is 5.82 Å². The van der Waals surface area contributed by atoms with E-state index in [2.05, 4.69) is 9.97 Å². The number of aryl methyl sites for hydroxylation is 1. The van der Waals surface area contributed by atoms with Crippen LogP contribution in [0.5, 0.6) is 5.88 Å². The molecule has 2 aromatic heterocycles. The number of carbonyl (C=O) groups excluding carboxylic acids is 1. The van der Waals surface area contributed by atoms with Crippen LogP contribution in [0.4, 0.5) is 5.82 Å². The predicted octanol–water partition coefficient (Wildman–Crippen LogP) is 1.80. The van der Waals surface area contributed by atoms with Crippen LogP contribution < -0.4 is 10.5 Å². The molecule has 0 spiro atoms. The van der Waals surface area contributed by atoms with E-state index in [0.29, 0.717) is 11.4 Å². The molecular formula is C14H15N3O2. The molecule has 0 atom stereocenters. The Labute approximate surface area is 111 Å². The molecule has 0 aliphatic rings. The number of hydrogen-bond donors (Lipinski definition) is 1. The van der Waals surface area contributed by atoms with Gasteiger partial charge in [-0.15, -0.1) is 0 Å². The number of nitrogen functional groups attached to an aromatic ring is 1. The van der Waals surface area contributed by atoms with Crippen molar-refractivity contribution >= 4 is 11.6 Å². The van der Waals surface area contributed by atoms with Crippen LogP contribution in [0.3, 0.4) is 0 Å². The monoisotopic (exact) mass is 257 g/mol. The second kappa shape index (κ2) is 5.48. The van der Waals surface area contributed by atoms with Crippen molar-refractivity contribution < 1.29 is 9.53 Å². The van der Waals surface area contributed by atoms with Gasteiger partial charge < -0.3 is 10.5 Å². The van der Waals surface area contributed by atoms with Crippen LogP contribution in [0, 0.1) is 6.92 Å². The van der Waals surface area contributed by atoms with E-state index < -0.39 is 0 Å². The van der Waals surface area contributed by atoms with E-state index in [1.165, 1.54) is 0 Å². The lowest BCUT2D eigenvalue weighted by molar-refractivity contribution is 0.0993. The second-order valence-corrected chi connectivity index (χ2v) is 4.20. The standard InChI is InChI=1S/C14H15N3O2/c1-9-5-6-16-14(15)13(9)11(18)7-10-3-4-12(19-2)17-8-10/h3-6,8H,7H2,1-2H3,(H2,15,16). The van der Waals surface area contributed by atoms with Crippen LogP contribution in [0.2, 0.25) is 0 Å². The Hall–Kier alpha value is -2.43. The second-order valence-electron chi connectivity index (χ2n) is 4.20. The Kier molecular flexibility index (Phi) is 3.75. The third kappa shape index (κ3) is 2.88. The highest BCUT2D eigenvalue weighted by Crippen LogP contribution is 2.17. The lowest BCUT2D eigenvalue weighted by Crippen LogP contribution is -2.10. The quantitative estimate of drug-likeness (QED) is 0.845. The van der Waals surface area contributed by atoms with Crippen LogP contribution in [0.1, 0.15) is 21.5 Å². The van der Waals surface area contributed by atoms with Gasteiger partial charge in [0.15, 0.2) is 5.78 Å². The van der Waals surface area contributed by atoms with Gasteiger partial charge in [-0.05, 0) is 24.1 Å². The molecule has 0 aliphatic carbocycles. The van der Waals surface area contributed by atoms with Gasteiger partial charge in [0.25, 0.3) is 0 Å². The van der Waals surface area contributed by atoms with Crippen molar-refractivity contribution in [2.24, 2.45) is 0 Å². The third-order valence-corrected chi connectivity index (χ3v) is 2.84. The van der Waals surface area contributed by atoms with Crippen molar-refractivity contribution in [3.05, 3.63) is 47.3 Å². The molecule has 5 nitrogen and oxygen atoms in total. The van der Waals surface area contributed by atoms with Crippen molar-refractivity contribution in [2.45, 2.75) is 13.3 Å². The van der Waals surface area contributed by atoms with Crippen LogP contribution in [0.25, 0.3) is 0 Å². The van der Waals surface area contributed by atoms with Crippen LogP contribution in [0.15, 0.2) is 30.6 Å². The molecule has 0 fully saturated rings. The van der Waals surface area contributed by atoms with Crippen molar-refractivity contribution in [1.29, 1.82) is 0 Å². The van der Waals surface area contributed by atoms with Gasteiger partial charge in [-0.2, -0.15) is 0 Å². The lowest BCUT2D eigenvalue weighted by atomic mass is 10.0. The summed E-state index contributed by atoms with van der Waals surface area (Å²) in [5.41, 5.74) is 7.88. The predicted molar refractivity (Wildman–Crippen MR) is 72.2 cm³/mol. The molecule has 0 radical (unpaired) electrons. The van der Waals surface area contributed by atoms with E-state index in [1.807, 2.05) is 13.0 Å². The van der Waals surface area contributed by atoms with Crippen LogP contribution >= 0.6 is 0 Å². The summed E-state index contributed by atoms with van der Waals surface area (Å²) in [7, 11) is 1.55. The van der Waals surface area contributed by atoms with Gasteiger partial charge in [-0.3, -0.25) is 4.79 Å². The molecule has 0 unspecified atom stereocenters. The van der Waals surface area contributed by atoms with Crippen molar-refractivity contribution in [3.63, 3.8) is 0 Å². The lowest BCUT2D eigenvalue weighted by Gasteiger charge is -2.07. The number of aromatic nitrogens is 2. The summed E-state index contributed by atoms with van der Waals surface area (Å²) < 4.78 is 4.97. The molecule has 98 valence electrons. The summed E-state index contributed by atoms with van der Waals surface area (Å²) >= 11 is 0. The maximum atomic E-state index is 12.2. The molecule has 5 heteroatoms. The van der Waals surface area contributed by atoms with Crippen molar-refractivity contribution in [3.8, 4) is 5.88 Å². The number of nitrogens with zero attached hydrogens (tertiary/aromatic N) is 2. The molecule has 2 rings (SSSR count). The minimum absolute atomic E-state index is 0.0601. The van der Waals surface area contributed by atoms with Gasteiger partial charge in [-0.1, -0.05) is 6.07 Å². The fourth-order valence-corrected chi connectivity index (χ4v) is 1.85. The third-order valence-electron chi connectivity index (χ3n) is 2.84. The number of ether oxygens (including phenoxy) is 1. The first-order valence-electron chi connectivity index (χ1n) is 5.85. The Morgan fingerprint density at radius 3 is 2.68 bits per heavy atom. The Morgan fingerprint density at radius 1 is 1.32 bits per heavy atom. The fourth-order valence-electron chi connectivity index (χ4n) is 1.85. The molecule has 0 amide bonds. The van der Waals surface area contributed by atoms with E-state index in [-0.39, 0.29) is 18.0 Å². The summed E-state index contributed by atoms with van der Waals surface area (Å²) in [5, 5.41) is 0. The Bertz CT molecular complexity index is 574. The average Bonchev–Trinajstić information content (AvgIpc) is 2.39. The van der Waals surface area contributed by atoms with Gasteiger partial charge in [0.2, 0.25) is 5.88 Å². The average molecular weight is 257 g/mol. The number of ketones is 1. The number of pyridine rings is 2. The fraction of sp³-hybridized carbons (Fsp3) is 0.214. The first-order chi connectivity index (χ1) is 9.11. The number of nitrogens with two attached hydrogens (primary N) is 1. The molecule has 2 aromatic rings. The number of anilines is 1. The molecule has 0 saturated carbocycles. The molecule has 0 bridgehead atoms. The smallest absolute Gasteiger partial charge is 0.212 e. The van der Waals surface area contributed by atoms with E-state index in [9.17, 15) is 4.79 Å². The zero-order valence-corrected chi connectivity index (χ0v) is 10.9. The van der Waals surface area contributed by atoms with E-state index in [4.69, 9.17) is 10.5 Å². The first kappa shape index (κ1) is 13.0. The summed E-state index contributed by atoms with van der Waals surface area (Å²) in [5.74, 6) is 0.731. The number of hydrogen-bond acceptors (Lipinski definition) is 5. The summed E-state index contributed by atoms with van der Waals surface area (Å²) in [6, 6.07) is 5.31. The Morgan fingerprint density at radius 2 is 2.11 bits per heavy atom. The summed E-state index contributed by atoms with van der Waals surface area (Å²) in [6.45, 7) is 1.84. The molecule has 0 saturated heterocycles. The van der Waals surface area contributed by atoms with Crippen molar-refractivity contribution in [1.82, 2.24) is 9.97 Å². The SMILES string of the molecule is COc1ccc(CC(=O)c2c(C)ccnc2N)cn1. The zero-order valence-electron chi connectivity index (χ0n) is 10.9. The van der Waals surface area contributed by atoms with E-state index in [0.717, 1.165) is 11.1 Å². The highest BCUT2D eigenvalue weighted by molar-refractivity contribution is 6.02. The molecule has 2 heterocycles. The molecule has 0 aromatic carbocycles. The zero-order chi connectivity index (χ0) is 13.8. The van der Waals surface area contributed by atoms with Crippen LogP contribution in [-0.2, 0) is 6.42 Å². The highest BCUT2D eigenvalue weighted by atomic mass is 16.5. The molecule has 19 heavy (non-hydrogen) atoms. The number of carbonyl (C=O) groups is 1. The topological polar surface area (TPSA) is 78.1 Å². The first-order valence-corrected chi connectivity index (χ1v) is 5.85. The van der Waals surface area contributed by atoms with Gasteiger partial charge >= 0.3 is 0 Å². The van der Waals surface area contributed by atoms with E-state index >= 15 is 0 Å². The Balaban J connectivity index is 2.21.